The Hall–Kier alpha value is -2.70. The number of aryl methyl sites for hydroxylation is 1. The van der Waals surface area contributed by atoms with Crippen molar-refractivity contribution in [2.75, 3.05) is 31.6 Å². The molecule has 1 aromatic carbocycles. The Kier molecular flexibility index (Phi) is 6.67. The molecular formula is C20H25N5O3S. The van der Waals surface area contributed by atoms with E-state index in [0.717, 1.165) is 24.8 Å². The number of aromatic nitrogens is 2. The third kappa shape index (κ3) is 4.83. The van der Waals surface area contributed by atoms with Crippen LogP contribution in [0, 0.1) is 17.2 Å². The Morgan fingerprint density at radius 3 is 2.66 bits per heavy atom. The van der Waals surface area contributed by atoms with Crippen molar-refractivity contribution < 1.29 is 13.2 Å². The van der Waals surface area contributed by atoms with Crippen LogP contribution >= 0.6 is 0 Å². The SMILES string of the molecule is CCc1ccc(OC)c(S(=O)(=O)NCC2CCN(c3nccnc3C#N)CC2)c1. The van der Waals surface area contributed by atoms with Crippen LogP contribution in [0.25, 0.3) is 0 Å². The number of methoxy groups -OCH3 is 1. The molecule has 3 rings (SSSR count). The minimum absolute atomic E-state index is 0.176. The fraction of sp³-hybridized carbons (Fsp3) is 0.450. The zero-order chi connectivity index (χ0) is 20.9. The lowest BCUT2D eigenvalue weighted by atomic mass is 9.97. The summed E-state index contributed by atoms with van der Waals surface area (Å²) in [7, 11) is -2.20. The van der Waals surface area contributed by atoms with Crippen molar-refractivity contribution in [3.8, 4) is 11.8 Å². The first-order valence-corrected chi connectivity index (χ1v) is 11.1. The van der Waals surface area contributed by atoms with Crippen molar-refractivity contribution in [3.63, 3.8) is 0 Å². The number of ether oxygens (including phenoxy) is 1. The molecule has 1 aromatic heterocycles. The quantitative estimate of drug-likeness (QED) is 0.738. The Morgan fingerprint density at radius 1 is 1.28 bits per heavy atom. The molecule has 2 heterocycles. The maximum Gasteiger partial charge on any atom is 0.244 e. The van der Waals surface area contributed by atoms with Gasteiger partial charge in [0.1, 0.15) is 16.7 Å². The van der Waals surface area contributed by atoms with Gasteiger partial charge < -0.3 is 9.64 Å². The molecule has 1 saturated heterocycles. The molecule has 1 fully saturated rings. The highest BCUT2D eigenvalue weighted by atomic mass is 32.2. The molecule has 0 spiro atoms. The van der Waals surface area contributed by atoms with E-state index in [0.29, 0.717) is 36.9 Å². The number of sulfonamides is 1. The van der Waals surface area contributed by atoms with E-state index in [1.165, 1.54) is 13.3 Å². The third-order valence-corrected chi connectivity index (χ3v) is 6.63. The molecule has 1 aliphatic heterocycles. The van der Waals surface area contributed by atoms with Gasteiger partial charge in [-0.05, 0) is 42.9 Å². The van der Waals surface area contributed by atoms with Crippen LogP contribution in [0.4, 0.5) is 5.82 Å². The van der Waals surface area contributed by atoms with Gasteiger partial charge in [0.15, 0.2) is 11.5 Å². The van der Waals surface area contributed by atoms with E-state index in [1.807, 2.05) is 17.9 Å². The molecule has 9 heteroatoms. The van der Waals surface area contributed by atoms with Gasteiger partial charge in [0.2, 0.25) is 10.0 Å². The standard InChI is InChI=1S/C20H25N5O3S/c1-3-15-4-5-18(28-2)19(12-15)29(26,27)24-14-16-6-10-25(11-7-16)20-17(13-21)22-8-9-23-20/h4-5,8-9,12,16,24H,3,6-7,10-11,14H2,1-2H3. The number of nitrogens with one attached hydrogen (secondary N) is 1. The van der Waals surface area contributed by atoms with E-state index >= 15 is 0 Å². The van der Waals surface area contributed by atoms with E-state index in [4.69, 9.17) is 4.74 Å². The zero-order valence-electron chi connectivity index (χ0n) is 16.6. The van der Waals surface area contributed by atoms with Crippen LogP contribution in [0.2, 0.25) is 0 Å². The summed E-state index contributed by atoms with van der Waals surface area (Å²) in [5.74, 6) is 1.15. The second kappa shape index (κ2) is 9.20. The molecular weight excluding hydrogens is 390 g/mol. The Labute approximate surface area is 171 Å². The van der Waals surface area contributed by atoms with Crippen LogP contribution in [0.15, 0.2) is 35.5 Å². The summed E-state index contributed by atoms with van der Waals surface area (Å²) in [6.07, 6.45) is 5.43. The fourth-order valence-electron chi connectivity index (χ4n) is 3.45. The van der Waals surface area contributed by atoms with Gasteiger partial charge in [0.25, 0.3) is 0 Å². The van der Waals surface area contributed by atoms with Crippen molar-refractivity contribution in [2.24, 2.45) is 5.92 Å². The van der Waals surface area contributed by atoms with Crippen LogP contribution < -0.4 is 14.4 Å². The second-order valence-electron chi connectivity index (χ2n) is 6.96. The highest BCUT2D eigenvalue weighted by Crippen LogP contribution is 2.26. The molecule has 0 amide bonds. The van der Waals surface area contributed by atoms with E-state index in [1.54, 1.807) is 18.3 Å². The molecule has 154 valence electrons. The summed E-state index contributed by atoms with van der Waals surface area (Å²) >= 11 is 0. The zero-order valence-corrected chi connectivity index (χ0v) is 17.4. The van der Waals surface area contributed by atoms with Gasteiger partial charge in [-0.25, -0.2) is 23.1 Å². The number of anilines is 1. The monoisotopic (exact) mass is 415 g/mol. The molecule has 1 aliphatic rings. The minimum Gasteiger partial charge on any atom is -0.495 e. The number of nitriles is 1. The lowest BCUT2D eigenvalue weighted by Gasteiger charge is -2.32. The van der Waals surface area contributed by atoms with Crippen molar-refractivity contribution in [2.45, 2.75) is 31.1 Å². The van der Waals surface area contributed by atoms with Crippen molar-refractivity contribution in [1.82, 2.24) is 14.7 Å². The highest BCUT2D eigenvalue weighted by Gasteiger charge is 2.25. The minimum atomic E-state index is -3.67. The summed E-state index contributed by atoms with van der Waals surface area (Å²) in [4.78, 5) is 10.5. The predicted octanol–water partition coefficient (Wildman–Crippen LogP) is 2.11. The topological polar surface area (TPSA) is 108 Å². The number of rotatable bonds is 7. The summed E-state index contributed by atoms with van der Waals surface area (Å²) in [5.41, 5.74) is 1.26. The largest absolute Gasteiger partial charge is 0.495 e. The molecule has 0 bridgehead atoms. The Balaban J connectivity index is 1.62. The van der Waals surface area contributed by atoms with Crippen LogP contribution in [0.1, 0.15) is 31.0 Å². The number of hydrogen-bond donors (Lipinski definition) is 1. The summed E-state index contributed by atoms with van der Waals surface area (Å²) < 4.78 is 33.7. The maximum atomic E-state index is 12.8. The lowest BCUT2D eigenvalue weighted by molar-refractivity contribution is 0.394. The van der Waals surface area contributed by atoms with Crippen molar-refractivity contribution in [1.29, 1.82) is 5.26 Å². The molecule has 0 atom stereocenters. The maximum absolute atomic E-state index is 12.8. The van der Waals surface area contributed by atoms with Crippen LogP contribution in [0.5, 0.6) is 5.75 Å². The van der Waals surface area contributed by atoms with Gasteiger partial charge >= 0.3 is 0 Å². The van der Waals surface area contributed by atoms with Crippen LogP contribution in [0.3, 0.4) is 0 Å². The fourth-order valence-corrected chi connectivity index (χ4v) is 4.78. The van der Waals surface area contributed by atoms with E-state index in [9.17, 15) is 13.7 Å². The van der Waals surface area contributed by atoms with Gasteiger partial charge in [-0.15, -0.1) is 0 Å². The van der Waals surface area contributed by atoms with Gasteiger partial charge in [-0.1, -0.05) is 13.0 Å². The smallest absolute Gasteiger partial charge is 0.244 e. The third-order valence-electron chi connectivity index (χ3n) is 5.19. The molecule has 0 saturated carbocycles. The number of hydrogen-bond acceptors (Lipinski definition) is 7. The summed E-state index contributed by atoms with van der Waals surface area (Å²) in [6, 6.07) is 7.30. The van der Waals surface area contributed by atoms with Crippen LogP contribution in [-0.2, 0) is 16.4 Å². The molecule has 1 N–H and O–H groups in total. The summed E-state index contributed by atoms with van der Waals surface area (Å²) in [5, 5.41) is 9.20. The first-order chi connectivity index (χ1) is 14.0. The second-order valence-corrected chi connectivity index (χ2v) is 8.70. The molecule has 0 radical (unpaired) electrons. The molecule has 29 heavy (non-hydrogen) atoms. The molecule has 0 aliphatic carbocycles. The van der Waals surface area contributed by atoms with Gasteiger partial charge in [0.05, 0.1) is 7.11 Å². The van der Waals surface area contributed by atoms with E-state index in [2.05, 4.69) is 20.8 Å². The molecule has 8 nitrogen and oxygen atoms in total. The molecule has 2 aromatic rings. The predicted molar refractivity (Wildman–Crippen MR) is 109 cm³/mol. The average molecular weight is 416 g/mol. The lowest BCUT2D eigenvalue weighted by Crippen LogP contribution is -2.39. The normalized spacial score (nSPS) is 15.1. The average Bonchev–Trinajstić information content (AvgIpc) is 2.77. The van der Waals surface area contributed by atoms with Gasteiger partial charge in [-0.3, -0.25) is 0 Å². The number of benzene rings is 1. The first kappa shape index (κ1) is 21.0. The Morgan fingerprint density at radius 2 is 2.00 bits per heavy atom. The number of nitrogens with zero attached hydrogens (tertiary/aromatic N) is 4. The van der Waals surface area contributed by atoms with E-state index < -0.39 is 10.0 Å². The summed E-state index contributed by atoms with van der Waals surface area (Å²) in [6.45, 7) is 3.75. The molecule has 0 unspecified atom stereocenters. The first-order valence-electron chi connectivity index (χ1n) is 9.61. The van der Waals surface area contributed by atoms with Crippen molar-refractivity contribution >= 4 is 15.8 Å². The van der Waals surface area contributed by atoms with Crippen molar-refractivity contribution in [3.05, 3.63) is 41.9 Å². The highest BCUT2D eigenvalue weighted by molar-refractivity contribution is 7.89. The van der Waals surface area contributed by atoms with E-state index in [-0.39, 0.29) is 10.8 Å². The van der Waals surface area contributed by atoms with Gasteiger partial charge in [0, 0.05) is 32.0 Å². The van der Waals surface area contributed by atoms with Crippen LogP contribution in [-0.4, -0.2) is 45.1 Å². The number of piperidine rings is 1. The Bertz CT molecular complexity index is 995. The van der Waals surface area contributed by atoms with Gasteiger partial charge in [-0.2, -0.15) is 5.26 Å².